The number of thiol groups is 1. The minimum Gasteiger partial charge on any atom is -0.481 e. The fraction of sp³-hybridized carbons (Fsp3) is 0.273. The van der Waals surface area contributed by atoms with Gasteiger partial charge in [-0.25, -0.2) is 9.59 Å². The van der Waals surface area contributed by atoms with Crippen LogP contribution in [0.4, 0.5) is 5.69 Å². The van der Waals surface area contributed by atoms with Crippen LogP contribution in [0, 0.1) is 5.92 Å². The first-order valence-electron chi connectivity index (χ1n) is 9.70. The van der Waals surface area contributed by atoms with Crippen LogP contribution in [0.2, 0.25) is 0 Å². The molecule has 9 nitrogen and oxygen atoms in total. The van der Waals surface area contributed by atoms with Gasteiger partial charge in [0.2, 0.25) is 11.6 Å². The van der Waals surface area contributed by atoms with Crippen LogP contribution in [0.15, 0.2) is 54.6 Å². The zero-order valence-electron chi connectivity index (χ0n) is 17.0. The number of aliphatic carboxylic acids is 2. The normalized spacial score (nSPS) is 13.4. The molecule has 2 aromatic rings. The van der Waals surface area contributed by atoms with Crippen molar-refractivity contribution in [2.75, 3.05) is 11.1 Å². The molecule has 0 bridgehead atoms. The van der Waals surface area contributed by atoms with Gasteiger partial charge in [0.05, 0.1) is 11.5 Å². The van der Waals surface area contributed by atoms with E-state index < -0.39 is 48.2 Å². The summed E-state index contributed by atoms with van der Waals surface area (Å²) in [6.07, 6.45) is -0.663. The highest BCUT2D eigenvalue weighted by Gasteiger charge is 2.41. The Labute approximate surface area is 189 Å². The van der Waals surface area contributed by atoms with Crippen molar-refractivity contribution in [1.29, 1.82) is 0 Å². The van der Waals surface area contributed by atoms with Gasteiger partial charge in [0.25, 0.3) is 0 Å². The Bertz CT molecular complexity index is 966. The number of hydrogen-bond donors (Lipinski definition) is 6. The lowest BCUT2D eigenvalue weighted by Gasteiger charge is -2.33. The number of carbonyl (C=O) groups excluding carboxylic acids is 1. The molecule has 2 aromatic carbocycles. The van der Waals surface area contributed by atoms with Crippen LogP contribution in [0.3, 0.4) is 0 Å². The molecule has 0 saturated carbocycles. The van der Waals surface area contributed by atoms with Gasteiger partial charge in [-0.3, -0.25) is 9.59 Å². The molecule has 0 aliphatic rings. The predicted molar refractivity (Wildman–Crippen MR) is 120 cm³/mol. The van der Waals surface area contributed by atoms with Gasteiger partial charge in [0, 0.05) is 24.3 Å². The molecule has 0 fully saturated rings. The van der Waals surface area contributed by atoms with Crippen LogP contribution in [-0.4, -0.2) is 50.6 Å². The Hall–Kier alpha value is -3.53. The lowest BCUT2D eigenvalue weighted by Crippen LogP contribution is -2.61. The molecule has 0 spiro atoms. The van der Waals surface area contributed by atoms with Crippen LogP contribution >= 0.6 is 12.6 Å². The van der Waals surface area contributed by atoms with Crippen molar-refractivity contribution in [3.05, 3.63) is 65.7 Å². The average molecular weight is 461 g/mol. The first-order valence-corrected chi connectivity index (χ1v) is 10.3. The highest BCUT2D eigenvalue weighted by Crippen LogP contribution is 2.22. The van der Waals surface area contributed by atoms with Crippen LogP contribution < -0.4 is 10.6 Å². The van der Waals surface area contributed by atoms with Crippen LogP contribution in [0.1, 0.15) is 28.8 Å². The summed E-state index contributed by atoms with van der Waals surface area (Å²) in [6.45, 7) is 0. The van der Waals surface area contributed by atoms with Gasteiger partial charge in [-0.05, 0) is 36.2 Å². The number of anilines is 1. The van der Waals surface area contributed by atoms with Crippen molar-refractivity contribution in [3.8, 4) is 0 Å². The number of hydrogen-bond acceptors (Lipinski definition) is 6. The minimum atomic E-state index is -2.13. The van der Waals surface area contributed by atoms with Crippen LogP contribution in [0.25, 0.3) is 0 Å². The highest BCUT2D eigenvalue weighted by atomic mass is 32.1. The number of rotatable bonds is 12. The fourth-order valence-electron chi connectivity index (χ4n) is 3.06. The van der Waals surface area contributed by atoms with Gasteiger partial charge in [-0.1, -0.05) is 30.3 Å². The average Bonchev–Trinajstić information content (AvgIpc) is 2.76. The van der Waals surface area contributed by atoms with E-state index in [9.17, 15) is 24.3 Å². The second-order valence-electron chi connectivity index (χ2n) is 7.17. The largest absolute Gasteiger partial charge is 0.481 e. The monoisotopic (exact) mass is 460 g/mol. The number of nitrogens with one attached hydrogen (secondary N) is 2. The Balaban J connectivity index is 2.31. The van der Waals surface area contributed by atoms with Gasteiger partial charge in [0.15, 0.2) is 0 Å². The Morgan fingerprint density at radius 2 is 1.56 bits per heavy atom. The standard InChI is InChI=1S/C22H24N2O7S/c25-18(26)10-11-22(21(30)31,23-17-8-6-15(7-9-17)20(28)29)24-19(27)16(13-32)12-14-4-2-1-3-5-14/h1-9,16,23,32H,10-13H2,(H,24,27)(H,25,26)(H,28,29)(H,30,31). The summed E-state index contributed by atoms with van der Waals surface area (Å²) in [6, 6.07) is 14.4. The van der Waals surface area contributed by atoms with Crippen molar-refractivity contribution >= 4 is 42.1 Å². The molecule has 2 unspecified atom stereocenters. The summed E-state index contributed by atoms with van der Waals surface area (Å²) >= 11 is 4.22. The number of aromatic carboxylic acids is 1. The lowest BCUT2D eigenvalue weighted by molar-refractivity contribution is -0.148. The molecule has 2 atom stereocenters. The van der Waals surface area contributed by atoms with E-state index in [1.165, 1.54) is 24.3 Å². The SMILES string of the molecule is O=C(O)CCC(NC(=O)C(CS)Cc1ccccc1)(Nc1ccc(C(=O)O)cc1)C(=O)O. The van der Waals surface area contributed by atoms with Gasteiger partial charge >= 0.3 is 17.9 Å². The number of carboxylic acids is 3. The topological polar surface area (TPSA) is 153 Å². The molecule has 0 aromatic heterocycles. The maximum absolute atomic E-state index is 13.0. The van der Waals surface area contributed by atoms with Crippen LogP contribution in [0.5, 0.6) is 0 Å². The third-order valence-electron chi connectivity index (χ3n) is 4.82. The summed E-state index contributed by atoms with van der Waals surface area (Å²) in [5, 5.41) is 33.2. The van der Waals surface area contributed by atoms with E-state index in [4.69, 9.17) is 10.2 Å². The van der Waals surface area contributed by atoms with Crippen molar-refractivity contribution in [2.24, 2.45) is 5.92 Å². The van der Waals surface area contributed by atoms with E-state index in [1.54, 1.807) is 0 Å². The molecule has 0 aliphatic carbocycles. The van der Waals surface area contributed by atoms with E-state index in [1.807, 2.05) is 30.3 Å². The summed E-state index contributed by atoms with van der Waals surface area (Å²) in [5.41, 5.74) is -1.07. The Morgan fingerprint density at radius 1 is 0.938 bits per heavy atom. The molecule has 1 amide bonds. The van der Waals surface area contributed by atoms with Crippen molar-refractivity contribution in [1.82, 2.24) is 5.32 Å². The molecule has 0 radical (unpaired) electrons. The maximum Gasteiger partial charge on any atom is 0.350 e. The van der Waals surface area contributed by atoms with E-state index in [0.717, 1.165) is 5.56 Å². The van der Waals surface area contributed by atoms with Crippen molar-refractivity contribution in [2.45, 2.75) is 24.9 Å². The third kappa shape index (κ3) is 6.74. The van der Waals surface area contributed by atoms with E-state index in [2.05, 4.69) is 23.3 Å². The zero-order valence-corrected chi connectivity index (χ0v) is 17.9. The molecule has 0 heterocycles. The van der Waals surface area contributed by atoms with Gasteiger partial charge in [-0.15, -0.1) is 0 Å². The Morgan fingerprint density at radius 3 is 2.06 bits per heavy atom. The maximum atomic E-state index is 13.0. The van der Waals surface area contributed by atoms with E-state index in [0.29, 0.717) is 6.42 Å². The molecule has 170 valence electrons. The molecule has 5 N–H and O–H groups in total. The predicted octanol–water partition coefficient (Wildman–Crippen LogP) is 2.35. The van der Waals surface area contributed by atoms with Crippen molar-refractivity contribution < 1.29 is 34.5 Å². The first-order chi connectivity index (χ1) is 15.2. The number of carbonyl (C=O) groups is 4. The highest BCUT2D eigenvalue weighted by molar-refractivity contribution is 7.80. The fourth-order valence-corrected chi connectivity index (χ4v) is 3.35. The zero-order chi connectivity index (χ0) is 23.7. The summed E-state index contributed by atoms with van der Waals surface area (Å²) < 4.78 is 0. The van der Waals surface area contributed by atoms with E-state index in [-0.39, 0.29) is 17.0 Å². The summed E-state index contributed by atoms with van der Waals surface area (Å²) in [4.78, 5) is 47.4. The number of benzene rings is 2. The molecular weight excluding hydrogens is 436 g/mol. The Kier molecular flexibility index (Phi) is 8.65. The molecule has 10 heteroatoms. The second-order valence-corrected chi connectivity index (χ2v) is 7.54. The van der Waals surface area contributed by atoms with E-state index >= 15 is 0 Å². The summed E-state index contributed by atoms with van der Waals surface area (Å²) in [7, 11) is 0. The molecular formula is C22H24N2O7S. The minimum absolute atomic E-state index is 0.0101. The quantitative estimate of drug-likeness (QED) is 0.208. The lowest BCUT2D eigenvalue weighted by atomic mass is 9.97. The molecule has 0 saturated heterocycles. The molecule has 32 heavy (non-hydrogen) atoms. The summed E-state index contributed by atoms with van der Waals surface area (Å²) in [5.74, 6) is -5.00. The van der Waals surface area contributed by atoms with Crippen molar-refractivity contribution in [3.63, 3.8) is 0 Å². The van der Waals surface area contributed by atoms with Crippen LogP contribution in [-0.2, 0) is 20.8 Å². The van der Waals surface area contributed by atoms with Gasteiger partial charge in [0.1, 0.15) is 0 Å². The number of amides is 1. The second kappa shape index (κ2) is 11.2. The molecule has 0 aliphatic heterocycles. The number of carboxylic acid groups (broad SMARTS) is 3. The smallest absolute Gasteiger partial charge is 0.350 e. The first kappa shape index (κ1) is 24.7. The van der Waals surface area contributed by atoms with Gasteiger partial charge in [-0.2, -0.15) is 12.6 Å². The van der Waals surface area contributed by atoms with Gasteiger partial charge < -0.3 is 26.0 Å². The molecule has 2 rings (SSSR count). The third-order valence-corrected chi connectivity index (χ3v) is 5.26.